The molecule has 0 spiro atoms. The van der Waals surface area contributed by atoms with Gasteiger partial charge in [0, 0.05) is 12.7 Å². The lowest BCUT2D eigenvalue weighted by atomic mass is 10.1. The van der Waals surface area contributed by atoms with Gasteiger partial charge in [-0.1, -0.05) is 12.1 Å². The van der Waals surface area contributed by atoms with E-state index < -0.39 is 6.10 Å². The minimum absolute atomic E-state index is 0.179. The molecular weight excluding hydrogens is 282 g/mol. The van der Waals surface area contributed by atoms with Crippen molar-refractivity contribution in [2.24, 2.45) is 0 Å². The number of rotatable bonds is 3. The fourth-order valence-corrected chi connectivity index (χ4v) is 2.14. The van der Waals surface area contributed by atoms with Gasteiger partial charge in [-0.25, -0.2) is 0 Å². The van der Waals surface area contributed by atoms with E-state index in [0.717, 1.165) is 5.56 Å². The molecule has 2 amide bonds. The molecule has 2 heterocycles. The Balaban J connectivity index is 1.68. The third-order valence-electron chi connectivity index (χ3n) is 3.33. The second-order valence-electron chi connectivity index (χ2n) is 4.98. The smallest absolute Gasteiger partial charge is 0.270 e. The molecule has 1 aromatic heterocycles. The molecule has 6 nitrogen and oxygen atoms in total. The zero-order valence-electron chi connectivity index (χ0n) is 12.0. The highest BCUT2D eigenvalue weighted by Gasteiger charge is 2.23. The summed E-state index contributed by atoms with van der Waals surface area (Å²) in [7, 11) is 0. The van der Waals surface area contributed by atoms with E-state index in [4.69, 9.17) is 4.74 Å². The molecule has 0 aliphatic carbocycles. The molecule has 0 radical (unpaired) electrons. The van der Waals surface area contributed by atoms with E-state index in [9.17, 15) is 9.59 Å². The van der Waals surface area contributed by atoms with Crippen LogP contribution in [-0.4, -0.2) is 22.9 Å². The molecular formula is C16H15N3O3. The van der Waals surface area contributed by atoms with Crippen molar-refractivity contribution in [1.29, 1.82) is 0 Å². The molecule has 112 valence electrons. The Kier molecular flexibility index (Phi) is 3.74. The van der Waals surface area contributed by atoms with Crippen LogP contribution in [0.25, 0.3) is 0 Å². The van der Waals surface area contributed by atoms with E-state index in [1.807, 2.05) is 6.07 Å². The summed E-state index contributed by atoms with van der Waals surface area (Å²) in [5.41, 5.74) is 1.85. The van der Waals surface area contributed by atoms with E-state index in [0.29, 0.717) is 23.7 Å². The lowest BCUT2D eigenvalue weighted by Gasteiger charge is -2.23. The number of hydrogen-bond acceptors (Lipinski definition) is 4. The molecule has 1 aliphatic rings. The van der Waals surface area contributed by atoms with Crippen LogP contribution in [0.5, 0.6) is 5.75 Å². The average molecular weight is 297 g/mol. The van der Waals surface area contributed by atoms with Crippen molar-refractivity contribution in [3.05, 3.63) is 53.9 Å². The van der Waals surface area contributed by atoms with E-state index in [2.05, 4.69) is 15.6 Å². The minimum atomic E-state index is -0.498. The summed E-state index contributed by atoms with van der Waals surface area (Å²) in [6.07, 6.45) is 1.07. The van der Waals surface area contributed by atoms with Crippen molar-refractivity contribution < 1.29 is 14.3 Å². The number of hydrogen-bond donors (Lipinski definition) is 2. The highest BCUT2D eigenvalue weighted by Crippen LogP contribution is 2.30. The van der Waals surface area contributed by atoms with Gasteiger partial charge in [-0.15, -0.1) is 0 Å². The summed E-state index contributed by atoms with van der Waals surface area (Å²) in [6.45, 7) is 2.04. The van der Waals surface area contributed by atoms with E-state index in [1.54, 1.807) is 43.5 Å². The van der Waals surface area contributed by atoms with Crippen LogP contribution in [0.3, 0.4) is 0 Å². The third kappa shape index (κ3) is 2.90. The normalized spacial score (nSPS) is 16.2. The first-order valence-corrected chi connectivity index (χ1v) is 6.93. The SMILES string of the molecule is CC1Oc2ccc(CNC(=O)c3ccccn3)cc2NC1=O. The number of carbonyl (C=O) groups is 2. The van der Waals surface area contributed by atoms with Crippen LogP contribution in [-0.2, 0) is 11.3 Å². The molecule has 1 aliphatic heterocycles. The molecule has 1 aromatic carbocycles. The summed E-state index contributed by atoms with van der Waals surface area (Å²) in [5, 5.41) is 5.57. The Labute approximate surface area is 127 Å². The number of pyridine rings is 1. The zero-order chi connectivity index (χ0) is 15.5. The van der Waals surface area contributed by atoms with E-state index >= 15 is 0 Å². The molecule has 1 unspecified atom stereocenters. The predicted octanol–water partition coefficient (Wildman–Crippen LogP) is 1.73. The summed E-state index contributed by atoms with van der Waals surface area (Å²) in [4.78, 5) is 27.5. The molecule has 0 saturated carbocycles. The Hall–Kier alpha value is -2.89. The zero-order valence-corrected chi connectivity index (χ0v) is 12.0. The second-order valence-corrected chi connectivity index (χ2v) is 4.98. The monoisotopic (exact) mass is 297 g/mol. The summed E-state index contributed by atoms with van der Waals surface area (Å²) in [6, 6.07) is 10.6. The first kappa shape index (κ1) is 14.1. The van der Waals surface area contributed by atoms with Crippen molar-refractivity contribution in [3.63, 3.8) is 0 Å². The quantitative estimate of drug-likeness (QED) is 0.904. The van der Waals surface area contributed by atoms with Gasteiger partial charge in [0.05, 0.1) is 5.69 Å². The highest BCUT2D eigenvalue weighted by atomic mass is 16.5. The van der Waals surface area contributed by atoms with Crippen LogP contribution >= 0.6 is 0 Å². The van der Waals surface area contributed by atoms with Crippen LogP contribution in [0.15, 0.2) is 42.6 Å². The van der Waals surface area contributed by atoms with E-state index in [-0.39, 0.29) is 11.8 Å². The molecule has 22 heavy (non-hydrogen) atoms. The molecule has 0 fully saturated rings. The number of fused-ring (bicyclic) bond motifs is 1. The Morgan fingerprint density at radius 3 is 3.00 bits per heavy atom. The number of benzene rings is 1. The lowest BCUT2D eigenvalue weighted by molar-refractivity contribution is -0.122. The van der Waals surface area contributed by atoms with Crippen LogP contribution in [0.4, 0.5) is 5.69 Å². The molecule has 2 aromatic rings. The number of ether oxygens (including phenoxy) is 1. The summed E-state index contributed by atoms with van der Waals surface area (Å²) in [5.74, 6) is 0.210. The predicted molar refractivity (Wildman–Crippen MR) is 80.6 cm³/mol. The van der Waals surface area contributed by atoms with Gasteiger partial charge >= 0.3 is 0 Å². The van der Waals surface area contributed by atoms with Crippen molar-refractivity contribution in [3.8, 4) is 5.75 Å². The van der Waals surface area contributed by atoms with Crippen LogP contribution in [0.2, 0.25) is 0 Å². The Morgan fingerprint density at radius 2 is 2.23 bits per heavy atom. The van der Waals surface area contributed by atoms with Gasteiger partial charge in [0.1, 0.15) is 11.4 Å². The fourth-order valence-electron chi connectivity index (χ4n) is 2.14. The van der Waals surface area contributed by atoms with Gasteiger partial charge < -0.3 is 15.4 Å². The highest BCUT2D eigenvalue weighted by molar-refractivity contribution is 5.97. The molecule has 1 atom stereocenters. The molecule has 2 N–H and O–H groups in total. The average Bonchev–Trinajstić information content (AvgIpc) is 2.54. The van der Waals surface area contributed by atoms with Gasteiger partial charge in [-0.05, 0) is 36.8 Å². The van der Waals surface area contributed by atoms with Crippen LogP contribution in [0, 0.1) is 0 Å². The van der Waals surface area contributed by atoms with Crippen molar-refractivity contribution in [1.82, 2.24) is 10.3 Å². The summed E-state index contributed by atoms with van der Waals surface area (Å²) < 4.78 is 5.48. The maximum atomic E-state index is 11.9. The largest absolute Gasteiger partial charge is 0.479 e. The first-order chi connectivity index (χ1) is 10.6. The first-order valence-electron chi connectivity index (χ1n) is 6.93. The number of carbonyl (C=O) groups excluding carboxylic acids is 2. The van der Waals surface area contributed by atoms with Gasteiger partial charge in [-0.3, -0.25) is 14.6 Å². The fraction of sp³-hybridized carbons (Fsp3) is 0.188. The number of nitrogens with one attached hydrogen (secondary N) is 2. The molecule has 0 bridgehead atoms. The van der Waals surface area contributed by atoms with Gasteiger partial charge in [0.2, 0.25) is 0 Å². The third-order valence-corrected chi connectivity index (χ3v) is 3.33. The number of nitrogens with zero attached hydrogens (tertiary/aromatic N) is 1. The number of amides is 2. The number of anilines is 1. The lowest BCUT2D eigenvalue weighted by Crippen LogP contribution is -2.34. The van der Waals surface area contributed by atoms with Crippen molar-refractivity contribution >= 4 is 17.5 Å². The standard InChI is InChI=1S/C16H15N3O3/c1-10-15(20)19-13-8-11(5-6-14(13)22-10)9-18-16(21)12-4-2-3-7-17-12/h2-8,10H,9H2,1H3,(H,18,21)(H,19,20). The second kappa shape index (κ2) is 5.85. The van der Waals surface area contributed by atoms with Crippen LogP contribution in [0.1, 0.15) is 23.0 Å². The molecule has 3 rings (SSSR count). The van der Waals surface area contributed by atoms with Crippen molar-refractivity contribution in [2.75, 3.05) is 5.32 Å². The van der Waals surface area contributed by atoms with Gasteiger partial charge in [0.15, 0.2) is 6.10 Å². The van der Waals surface area contributed by atoms with Crippen molar-refractivity contribution in [2.45, 2.75) is 19.6 Å². The minimum Gasteiger partial charge on any atom is -0.479 e. The Bertz CT molecular complexity index is 716. The van der Waals surface area contributed by atoms with E-state index in [1.165, 1.54) is 0 Å². The molecule has 6 heteroatoms. The maximum absolute atomic E-state index is 11.9. The Morgan fingerprint density at radius 1 is 1.36 bits per heavy atom. The maximum Gasteiger partial charge on any atom is 0.270 e. The van der Waals surface area contributed by atoms with Crippen LogP contribution < -0.4 is 15.4 Å². The molecule has 0 saturated heterocycles. The number of aromatic nitrogens is 1. The topological polar surface area (TPSA) is 80.3 Å². The summed E-state index contributed by atoms with van der Waals surface area (Å²) >= 11 is 0. The van der Waals surface area contributed by atoms with Gasteiger partial charge in [-0.2, -0.15) is 0 Å². The van der Waals surface area contributed by atoms with Gasteiger partial charge in [0.25, 0.3) is 11.8 Å².